The van der Waals surface area contributed by atoms with Crippen LogP contribution >= 0.6 is 0 Å². The fourth-order valence-electron chi connectivity index (χ4n) is 1.68. The van der Waals surface area contributed by atoms with Crippen LogP contribution in [0.15, 0.2) is 24.3 Å². The molecule has 0 aromatic heterocycles. The second-order valence-electron chi connectivity index (χ2n) is 4.18. The summed E-state index contributed by atoms with van der Waals surface area (Å²) in [5.41, 5.74) is 6.49. The van der Waals surface area contributed by atoms with Gasteiger partial charge in [-0.25, -0.2) is 4.39 Å². The van der Waals surface area contributed by atoms with Crippen molar-refractivity contribution in [3.05, 3.63) is 30.1 Å². The van der Waals surface area contributed by atoms with Crippen LogP contribution in [0.1, 0.15) is 26.2 Å². The van der Waals surface area contributed by atoms with E-state index in [0.29, 0.717) is 5.69 Å². The van der Waals surface area contributed by atoms with Crippen LogP contribution < -0.4 is 10.6 Å². The summed E-state index contributed by atoms with van der Waals surface area (Å²) in [7, 11) is 1.91. The molecule has 2 nitrogen and oxygen atoms in total. The highest BCUT2D eigenvalue weighted by atomic mass is 19.1. The lowest BCUT2D eigenvalue weighted by Gasteiger charge is -2.20. The summed E-state index contributed by atoms with van der Waals surface area (Å²) >= 11 is 0. The minimum atomic E-state index is -0.162. The molecular weight excluding hydrogens is 203 g/mol. The summed E-state index contributed by atoms with van der Waals surface area (Å²) in [5, 5.41) is 0. The minimum Gasteiger partial charge on any atom is -0.372 e. The number of rotatable bonds is 6. The van der Waals surface area contributed by atoms with Gasteiger partial charge in [-0.2, -0.15) is 0 Å². The highest BCUT2D eigenvalue weighted by Gasteiger charge is 2.06. The standard InChI is InChI=1S/C13H21FN2/c1-3-11(15)7-6-10-16(2)13-9-5-4-8-12(13)14/h4-5,8-9,11H,3,6-7,10,15H2,1-2H3. The van der Waals surface area contributed by atoms with Gasteiger partial charge in [0.1, 0.15) is 5.82 Å². The molecule has 0 amide bonds. The first kappa shape index (κ1) is 13.0. The molecule has 0 spiro atoms. The van der Waals surface area contributed by atoms with Crippen molar-refractivity contribution in [1.82, 2.24) is 0 Å². The van der Waals surface area contributed by atoms with E-state index in [4.69, 9.17) is 5.73 Å². The largest absolute Gasteiger partial charge is 0.372 e. The van der Waals surface area contributed by atoms with Gasteiger partial charge in [-0.15, -0.1) is 0 Å². The first-order valence-electron chi connectivity index (χ1n) is 5.86. The molecule has 2 N–H and O–H groups in total. The van der Waals surface area contributed by atoms with Crippen LogP contribution in [0.4, 0.5) is 10.1 Å². The Morgan fingerprint density at radius 3 is 2.69 bits per heavy atom. The van der Waals surface area contributed by atoms with Crippen molar-refractivity contribution >= 4 is 5.69 Å². The average molecular weight is 224 g/mol. The molecule has 0 heterocycles. The van der Waals surface area contributed by atoms with Gasteiger partial charge in [0.2, 0.25) is 0 Å². The van der Waals surface area contributed by atoms with Crippen LogP contribution in [0.3, 0.4) is 0 Å². The second kappa shape index (κ2) is 6.48. The first-order chi connectivity index (χ1) is 7.65. The zero-order valence-corrected chi connectivity index (χ0v) is 10.1. The Kier molecular flexibility index (Phi) is 5.26. The highest BCUT2D eigenvalue weighted by Crippen LogP contribution is 2.17. The maximum atomic E-state index is 13.4. The Labute approximate surface area is 97.3 Å². The predicted octanol–water partition coefficient (Wildman–Crippen LogP) is 2.78. The number of nitrogens with two attached hydrogens (primary N) is 1. The molecule has 0 aliphatic rings. The summed E-state index contributed by atoms with van der Waals surface area (Å²) in [6, 6.07) is 7.12. The van der Waals surface area contributed by atoms with E-state index in [9.17, 15) is 4.39 Å². The van der Waals surface area contributed by atoms with Gasteiger partial charge in [0.25, 0.3) is 0 Å². The van der Waals surface area contributed by atoms with Gasteiger partial charge in [-0.1, -0.05) is 19.1 Å². The Bertz CT molecular complexity index is 315. The van der Waals surface area contributed by atoms with Gasteiger partial charge in [-0.3, -0.25) is 0 Å². The van der Waals surface area contributed by atoms with Crippen LogP contribution in [-0.2, 0) is 0 Å². The minimum absolute atomic E-state index is 0.162. The smallest absolute Gasteiger partial charge is 0.146 e. The van der Waals surface area contributed by atoms with Crippen molar-refractivity contribution in [2.24, 2.45) is 5.73 Å². The first-order valence-corrected chi connectivity index (χ1v) is 5.86. The molecule has 1 atom stereocenters. The SMILES string of the molecule is CCC(N)CCCN(C)c1ccccc1F. The van der Waals surface area contributed by atoms with Gasteiger partial charge in [0.15, 0.2) is 0 Å². The van der Waals surface area contributed by atoms with Gasteiger partial charge in [-0.05, 0) is 31.4 Å². The third-order valence-corrected chi connectivity index (χ3v) is 2.86. The van der Waals surface area contributed by atoms with E-state index in [1.54, 1.807) is 12.1 Å². The molecule has 90 valence electrons. The average Bonchev–Trinajstić information content (AvgIpc) is 2.29. The fourth-order valence-corrected chi connectivity index (χ4v) is 1.68. The lowest BCUT2D eigenvalue weighted by molar-refractivity contribution is 0.563. The van der Waals surface area contributed by atoms with Crippen LogP contribution in [0, 0.1) is 5.82 Å². The molecule has 3 heteroatoms. The third kappa shape index (κ3) is 3.81. The molecule has 1 unspecified atom stereocenters. The maximum absolute atomic E-state index is 13.4. The Morgan fingerprint density at radius 2 is 2.06 bits per heavy atom. The van der Waals surface area contributed by atoms with E-state index in [2.05, 4.69) is 6.92 Å². The number of anilines is 1. The number of halogens is 1. The quantitative estimate of drug-likeness (QED) is 0.805. The van der Waals surface area contributed by atoms with E-state index in [0.717, 1.165) is 25.8 Å². The summed E-state index contributed by atoms with van der Waals surface area (Å²) in [4.78, 5) is 1.94. The molecule has 1 aromatic rings. The fraction of sp³-hybridized carbons (Fsp3) is 0.538. The van der Waals surface area contributed by atoms with E-state index in [1.807, 2.05) is 18.0 Å². The van der Waals surface area contributed by atoms with Gasteiger partial charge >= 0.3 is 0 Å². The van der Waals surface area contributed by atoms with E-state index >= 15 is 0 Å². The summed E-state index contributed by atoms with van der Waals surface area (Å²) < 4.78 is 13.4. The molecule has 1 rings (SSSR count). The molecule has 16 heavy (non-hydrogen) atoms. The Morgan fingerprint density at radius 1 is 1.38 bits per heavy atom. The Hall–Kier alpha value is -1.09. The van der Waals surface area contributed by atoms with Crippen LogP contribution in [0.5, 0.6) is 0 Å². The number of hydrogen-bond donors (Lipinski definition) is 1. The molecule has 0 bridgehead atoms. The number of hydrogen-bond acceptors (Lipinski definition) is 2. The van der Waals surface area contributed by atoms with Crippen LogP contribution in [-0.4, -0.2) is 19.6 Å². The number of nitrogens with zero attached hydrogens (tertiary/aromatic N) is 1. The second-order valence-corrected chi connectivity index (χ2v) is 4.18. The monoisotopic (exact) mass is 224 g/mol. The zero-order valence-electron chi connectivity index (χ0n) is 10.1. The van der Waals surface area contributed by atoms with Crippen LogP contribution in [0.25, 0.3) is 0 Å². The van der Waals surface area contributed by atoms with Crippen molar-refractivity contribution in [1.29, 1.82) is 0 Å². The summed E-state index contributed by atoms with van der Waals surface area (Å²) in [6.45, 7) is 2.93. The van der Waals surface area contributed by atoms with Crippen molar-refractivity contribution in [2.75, 3.05) is 18.5 Å². The molecule has 0 saturated carbocycles. The van der Waals surface area contributed by atoms with Gasteiger partial charge in [0.05, 0.1) is 5.69 Å². The predicted molar refractivity (Wildman–Crippen MR) is 67.2 cm³/mol. The zero-order chi connectivity index (χ0) is 12.0. The lowest BCUT2D eigenvalue weighted by Crippen LogP contribution is -2.24. The molecule has 0 saturated heterocycles. The van der Waals surface area contributed by atoms with Crippen molar-refractivity contribution in [3.8, 4) is 0 Å². The lowest BCUT2D eigenvalue weighted by atomic mass is 10.1. The maximum Gasteiger partial charge on any atom is 0.146 e. The molecule has 0 aliphatic heterocycles. The molecular formula is C13H21FN2. The molecule has 1 aromatic carbocycles. The van der Waals surface area contributed by atoms with Crippen molar-refractivity contribution < 1.29 is 4.39 Å². The number of benzene rings is 1. The van der Waals surface area contributed by atoms with Crippen LogP contribution in [0.2, 0.25) is 0 Å². The van der Waals surface area contributed by atoms with Crippen molar-refractivity contribution in [3.63, 3.8) is 0 Å². The normalized spacial score (nSPS) is 12.5. The topological polar surface area (TPSA) is 29.3 Å². The summed E-state index contributed by atoms with van der Waals surface area (Å²) in [5.74, 6) is -0.162. The number of para-hydroxylation sites is 1. The van der Waals surface area contributed by atoms with E-state index in [-0.39, 0.29) is 11.9 Å². The Balaban J connectivity index is 2.41. The third-order valence-electron chi connectivity index (χ3n) is 2.86. The van der Waals surface area contributed by atoms with E-state index < -0.39 is 0 Å². The molecule has 0 aliphatic carbocycles. The van der Waals surface area contributed by atoms with Crippen molar-refractivity contribution in [2.45, 2.75) is 32.2 Å². The van der Waals surface area contributed by atoms with Gasteiger partial charge in [0, 0.05) is 19.6 Å². The highest BCUT2D eigenvalue weighted by molar-refractivity contribution is 5.46. The molecule has 0 radical (unpaired) electrons. The van der Waals surface area contributed by atoms with E-state index in [1.165, 1.54) is 6.07 Å². The summed E-state index contributed by atoms with van der Waals surface area (Å²) in [6.07, 6.45) is 3.00. The van der Waals surface area contributed by atoms with Gasteiger partial charge < -0.3 is 10.6 Å². The molecule has 0 fully saturated rings.